The van der Waals surface area contributed by atoms with E-state index in [1.807, 2.05) is 30.3 Å². The van der Waals surface area contributed by atoms with E-state index in [9.17, 15) is 19.2 Å². The zero-order valence-corrected chi connectivity index (χ0v) is 25.8. The molecule has 9 nitrogen and oxygen atoms in total. The first-order chi connectivity index (χ1) is 19.6. The summed E-state index contributed by atoms with van der Waals surface area (Å²) in [7, 11) is 0. The van der Waals surface area contributed by atoms with Crippen LogP contribution in [0, 0.1) is 12.3 Å². The summed E-state index contributed by atoms with van der Waals surface area (Å²) in [5, 5.41) is 5.37. The van der Waals surface area contributed by atoms with Gasteiger partial charge in [-0.3, -0.25) is 9.59 Å². The molecule has 0 aliphatic rings. The summed E-state index contributed by atoms with van der Waals surface area (Å²) in [5.74, 6) is 0.815. The van der Waals surface area contributed by atoms with Crippen LogP contribution in [0.3, 0.4) is 0 Å². The lowest BCUT2D eigenvalue weighted by Crippen LogP contribution is -2.54. The van der Waals surface area contributed by atoms with Crippen LogP contribution in [-0.4, -0.2) is 58.6 Å². The van der Waals surface area contributed by atoms with Crippen molar-refractivity contribution in [3.8, 4) is 12.3 Å². The van der Waals surface area contributed by atoms with E-state index in [2.05, 4.69) is 16.6 Å². The van der Waals surface area contributed by atoms with Crippen molar-refractivity contribution in [3.05, 3.63) is 71.3 Å². The lowest BCUT2D eigenvalue weighted by atomic mass is 9.97. The average molecular weight is 578 g/mol. The van der Waals surface area contributed by atoms with E-state index in [1.54, 1.807) is 72.7 Å². The number of hydrogen-bond acceptors (Lipinski definition) is 6. The Hall–Kier alpha value is -4.32. The van der Waals surface area contributed by atoms with Crippen molar-refractivity contribution in [1.29, 1.82) is 0 Å². The van der Waals surface area contributed by atoms with Crippen molar-refractivity contribution in [2.75, 3.05) is 6.54 Å². The van der Waals surface area contributed by atoms with Gasteiger partial charge in [0.2, 0.25) is 11.8 Å². The van der Waals surface area contributed by atoms with E-state index in [-0.39, 0.29) is 13.0 Å². The van der Waals surface area contributed by atoms with Crippen LogP contribution >= 0.6 is 0 Å². The van der Waals surface area contributed by atoms with E-state index in [0.717, 1.165) is 5.56 Å². The number of nitrogens with one attached hydrogen (secondary N) is 2. The smallest absolute Gasteiger partial charge is 0.408 e. The van der Waals surface area contributed by atoms with Crippen LogP contribution in [0.5, 0.6) is 0 Å². The third-order valence-corrected chi connectivity index (χ3v) is 5.99. The summed E-state index contributed by atoms with van der Waals surface area (Å²) in [6.07, 6.45) is 5.18. The van der Waals surface area contributed by atoms with E-state index >= 15 is 0 Å². The topological polar surface area (TPSA) is 114 Å². The predicted octanol–water partition coefficient (Wildman–Crippen LogP) is 4.54. The van der Waals surface area contributed by atoms with Crippen LogP contribution in [-0.2, 0) is 30.3 Å². The molecule has 0 radical (unpaired) electrons. The number of amides is 3. The Bertz CT molecular complexity index is 1290. The zero-order chi connectivity index (χ0) is 31.7. The van der Waals surface area contributed by atoms with E-state index in [4.69, 9.17) is 15.9 Å². The lowest BCUT2D eigenvalue weighted by Gasteiger charge is -2.34. The fraction of sp³-hybridized carbons (Fsp3) is 0.455. The third-order valence-electron chi connectivity index (χ3n) is 5.99. The Labute approximate surface area is 249 Å². The van der Waals surface area contributed by atoms with Crippen molar-refractivity contribution in [3.63, 3.8) is 0 Å². The second-order valence-electron chi connectivity index (χ2n) is 11.9. The molecule has 0 heterocycles. The highest BCUT2D eigenvalue weighted by molar-refractivity contribution is 5.94. The number of likely N-dealkylation sites (N-methyl/N-ethyl adjacent to an activating group) is 1. The summed E-state index contributed by atoms with van der Waals surface area (Å²) in [4.78, 5) is 54.9. The second-order valence-corrected chi connectivity index (χ2v) is 11.9. The van der Waals surface area contributed by atoms with E-state index in [0.29, 0.717) is 11.1 Å². The van der Waals surface area contributed by atoms with Gasteiger partial charge in [0.25, 0.3) is 0 Å². The molecule has 0 aliphatic heterocycles. The fourth-order valence-corrected chi connectivity index (χ4v) is 4.24. The number of carbonyl (C=O) groups is 4. The normalized spacial score (nSPS) is 13.5. The summed E-state index contributed by atoms with van der Waals surface area (Å²) < 4.78 is 10.9. The molecule has 3 unspecified atom stereocenters. The van der Waals surface area contributed by atoms with Gasteiger partial charge in [-0.05, 0) is 72.6 Å². The summed E-state index contributed by atoms with van der Waals surface area (Å²) in [6, 6.07) is 12.7. The van der Waals surface area contributed by atoms with E-state index in [1.165, 1.54) is 11.8 Å². The molecule has 3 amide bonds. The predicted molar refractivity (Wildman–Crippen MR) is 161 cm³/mol. The molecule has 2 aromatic rings. The molecule has 0 fully saturated rings. The molecule has 0 aliphatic carbocycles. The number of carbonyl (C=O) groups excluding carboxylic acids is 4. The second kappa shape index (κ2) is 14.5. The maximum atomic E-state index is 14.1. The fourth-order valence-electron chi connectivity index (χ4n) is 4.24. The zero-order valence-electron chi connectivity index (χ0n) is 25.8. The molecule has 0 bridgehead atoms. The van der Waals surface area contributed by atoms with Gasteiger partial charge in [-0.25, -0.2) is 9.59 Å². The molecule has 2 aromatic carbocycles. The number of rotatable bonds is 10. The van der Waals surface area contributed by atoms with Crippen LogP contribution in [0.25, 0.3) is 0 Å². The summed E-state index contributed by atoms with van der Waals surface area (Å²) in [6.45, 7) is 13.7. The van der Waals surface area contributed by atoms with Gasteiger partial charge in [-0.15, -0.1) is 6.42 Å². The molecule has 0 aromatic heterocycles. The van der Waals surface area contributed by atoms with Gasteiger partial charge in [0, 0.05) is 18.5 Å². The Morgan fingerprint density at radius 1 is 0.881 bits per heavy atom. The Morgan fingerprint density at radius 2 is 1.45 bits per heavy atom. The summed E-state index contributed by atoms with van der Waals surface area (Å²) >= 11 is 0. The first-order valence-corrected chi connectivity index (χ1v) is 14.0. The van der Waals surface area contributed by atoms with Crippen LogP contribution < -0.4 is 10.6 Å². The SMILES string of the molecule is C#Cc1ccccc1C(C(=O)NC(Cc1ccccc1)C(=O)OC(C)(C)C)N(CC)C(=O)C(C)NC(=O)OC(C)(C)C. The van der Waals surface area contributed by atoms with Crippen molar-refractivity contribution in [2.24, 2.45) is 0 Å². The number of hydrogen-bond donors (Lipinski definition) is 2. The average Bonchev–Trinajstić information content (AvgIpc) is 2.89. The molecule has 42 heavy (non-hydrogen) atoms. The highest BCUT2D eigenvalue weighted by Crippen LogP contribution is 2.26. The van der Waals surface area contributed by atoms with Gasteiger partial charge < -0.3 is 25.0 Å². The quantitative estimate of drug-likeness (QED) is 0.317. The number of terminal acetylenes is 1. The van der Waals surface area contributed by atoms with Crippen molar-refractivity contribution < 1.29 is 28.7 Å². The van der Waals surface area contributed by atoms with Gasteiger partial charge in [-0.1, -0.05) is 54.5 Å². The Morgan fingerprint density at radius 3 is 2.00 bits per heavy atom. The molecular formula is C33H43N3O6. The third kappa shape index (κ3) is 10.3. The minimum Gasteiger partial charge on any atom is -0.458 e. The monoisotopic (exact) mass is 577 g/mol. The molecule has 9 heteroatoms. The summed E-state index contributed by atoms with van der Waals surface area (Å²) in [5.41, 5.74) is 0.0718. The molecule has 0 saturated heterocycles. The van der Waals surface area contributed by atoms with Crippen LogP contribution in [0.1, 0.15) is 78.1 Å². The highest BCUT2D eigenvalue weighted by atomic mass is 16.6. The largest absolute Gasteiger partial charge is 0.458 e. The first kappa shape index (κ1) is 33.9. The minimum absolute atomic E-state index is 0.103. The number of esters is 1. The van der Waals surface area contributed by atoms with Crippen molar-refractivity contribution >= 4 is 23.9 Å². The van der Waals surface area contributed by atoms with Crippen LogP contribution in [0.2, 0.25) is 0 Å². The molecule has 0 spiro atoms. The van der Waals surface area contributed by atoms with Crippen molar-refractivity contribution in [1.82, 2.24) is 15.5 Å². The number of alkyl carbamates (subject to hydrolysis) is 1. The number of ether oxygens (including phenoxy) is 2. The lowest BCUT2D eigenvalue weighted by molar-refractivity contribution is -0.159. The maximum Gasteiger partial charge on any atom is 0.408 e. The molecule has 3 atom stereocenters. The Kier molecular flexibility index (Phi) is 11.7. The van der Waals surface area contributed by atoms with Crippen LogP contribution in [0.15, 0.2) is 54.6 Å². The van der Waals surface area contributed by atoms with Gasteiger partial charge in [0.1, 0.15) is 29.3 Å². The first-order valence-electron chi connectivity index (χ1n) is 14.0. The van der Waals surface area contributed by atoms with Gasteiger partial charge in [0.15, 0.2) is 0 Å². The Balaban J connectivity index is 2.50. The van der Waals surface area contributed by atoms with E-state index < -0.39 is 53.2 Å². The molecule has 226 valence electrons. The van der Waals surface area contributed by atoms with Crippen molar-refractivity contribution in [2.45, 2.75) is 91.1 Å². The van der Waals surface area contributed by atoms with Gasteiger partial charge in [0.05, 0.1) is 0 Å². The maximum absolute atomic E-state index is 14.1. The van der Waals surface area contributed by atoms with Gasteiger partial charge >= 0.3 is 12.1 Å². The molecule has 2 N–H and O–H groups in total. The molecular weight excluding hydrogens is 534 g/mol. The van der Waals surface area contributed by atoms with Crippen LogP contribution in [0.4, 0.5) is 4.79 Å². The molecule has 0 saturated carbocycles. The van der Waals surface area contributed by atoms with Gasteiger partial charge in [-0.2, -0.15) is 0 Å². The number of nitrogens with zero attached hydrogens (tertiary/aromatic N) is 1. The number of benzene rings is 2. The molecule has 2 rings (SSSR count). The standard InChI is InChI=1S/C33H43N3O6/c1-10-24-19-15-16-20-25(24)27(36(11-2)29(38)22(3)34-31(40)42-33(7,8)9)28(37)35-26(30(39)41-32(4,5)6)21-23-17-13-12-14-18-23/h1,12-20,22,26-27H,11,21H2,2-9H3,(H,34,40)(H,35,37). The minimum atomic E-state index is -1.21. The highest BCUT2D eigenvalue weighted by Gasteiger charge is 2.37.